The molecule has 0 atom stereocenters. The molecule has 112 valence electrons. The van der Waals surface area contributed by atoms with E-state index in [0.717, 1.165) is 4.68 Å². The zero-order valence-electron chi connectivity index (χ0n) is 10.8. The van der Waals surface area contributed by atoms with E-state index in [1.54, 1.807) is 12.1 Å². The molecule has 0 fully saturated rings. The highest BCUT2D eigenvalue weighted by atomic mass is 35.5. The van der Waals surface area contributed by atoms with E-state index in [0.29, 0.717) is 18.0 Å². The van der Waals surface area contributed by atoms with Crippen molar-refractivity contribution in [2.24, 2.45) is 0 Å². The van der Waals surface area contributed by atoms with Gasteiger partial charge in [0.15, 0.2) is 12.0 Å². The fourth-order valence-corrected chi connectivity index (χ4v) is 2.01. The van der Waals surface area contributed by atoms with Crippen LogP contribution in [0.5, 0.6) is 5.75 Å². The van der Waals surface area contributed by atoms with Crippen LogP contribution < -0.4 is 4.74 Å². The number of rotatable bonds is 4. The molecule has 2 aromatic rings. The standard InChI is InChI=1S/C13H10ClF3N2O2/c1-2-21-9-5-3-8(4-6-9)19-12(14)10(7-20)11(18-19)13(15,16)17/h3-7H,2H2,1H3. The molecule has 21 heavy (non-hydrogen) atoms. The van der Waals surface area contributed by atoms with E-state index in [4.69, 9.17) is 16.3 Å². The van der Waals surface area contributed by atoms with Crippen molar-refractivity contribution < 1.29 is 22.7 Å². The van der Waals surface area contributed by atoms with Gasteiger partial charge in [0.2, 0.25) is 0 Å². The van der Waals surface area contributed by atoms with Crippen LogP contribution in [0.2, 0.25) is 5.15 Å². The van der Waals surface area contributed by atoms with Crippen LogP contribution >= 0.6 is 11.6 Å². The van der Waals surface area contributed by atoms with Crippen LogP contribution in [-0.2, 0) is 6.18 Å². The minimum Gasteiger partial charge on any atom is -0.494 e. The molecular weight excluding hydrogens is 309 g/mol. The predicted molar refractivity (Wildman–Crippen MR) is 70.1 cm³/mol. The zero-order valence-corrected chi connectivity index (χ0v) is 11.6. The van der Waals surface area contributed by atoms with Crippen LogP contribution in [0.25, 0.3) is 5.69 Å². The third kappa shape index (κ3) is 3.02. The number of hydrogen-bond acceptors (Lipinski definition) is 3. The minimum atomic E-state index is -4.75. The second kappa shape index (κ2) is 5.77. The summed E-state index contributed by atoms with van der Waals surface area (Å²) >= 11 is 5.81. The molecule has 0 aliphatic rings. The third-order valence-electron chi connectivity index (χ3n) is 2.64. The third-order valence-corrected chi connectivity index (χ3v) is 3.01. The first-order valence-corrected chi connectivity index (χ1v) is 6.30. The molecule has 0 N–H and O–H groups in total. The molecule has 0 saturated heterocycles. The average Bonchev–Trinajstić information content (AvgIpc) is 2.77. The van der Waals surface area contributed by atoms with Gasteiger partial charge in [-0.1, -0.05) is 11.6 Å². The highest BCUT2D eigenvalue weighted by molar-refractivity contribution is 6.32. The van der Waals surface area contributed by atoms with Crippen LogP contribution in [0.15, 0.2) is 24.3 Å². The molecule has 0 saturated carbocycles. The zero-order chi connectivity index (χ0) is 15.6. The van der Waals surface area contributed by atoms with Gasteiger partial charge in [0.25, 0.3) is 0 Å². The van der Waals surface area contributed by atoms with Crippen molar-refractivity contribution in [1.82, 2.24) is 9.78 Å². The van der Waals surface area contributed by atoms with Crippen molar-refractivity contribution in [3.05, 3.63) is 40.7 Å². The van der Waals surface area contributed by atoms with Crippen molar-refractivity contribution >= 4 is 17.9 Å². The number of aldehydes is 1. The van der Waals surface area contributed by atoms with Crippen LogP contribution in [0.3, 0.4) is 0 Å². The normalized spacial score (nSPS) is 11.5. The molecule has 0 amide bonds. The van der Waals surface area contributed by atoms with Crippen molar-refractivity contribution in [2.45, 2.75) is 13.1 Å². The summed E-state index contributed by atoms with van der Waals surface area (Å²) in [5.41, 5.74) is -1.70. The first-order chi connectivity index (χ1) is 9.88. The summed E-state index contributed by atoms with van der Waals surface area (Å²) in [6.07, 6.45) is -4.71. The lowest BCUT2D eigenvalue weighted by atomic mass is 10.2. The largest absolute Gasteiger partial charge is 0.494 e. The second-order valence-corrected chi connectivity index (χ2v) is 4.37. The van der Waals surface area contributed by atoms with E-state index in [-0.39, 0.29) is 11.4 Å². The maximum atomic E-state index is 12.8. The molecule has 4 nitrogen and oxygen atoms in total. The number of hydrogen-bond donors (Lipinski definition) is 0. The highest BCUT2D eigenvalue weighted by Gasteiger charge is 2.39. The molecule has 1 aromatic carbocycles. The van der Waals surface area contributed by atoms with Crippen molar-refractivity contribution in [2.75, 3.05) is 6.61 Å². The number of nitrogens with zero attached hydrogens (tertiary/aromatic N) is 2. The van der Waals surface area contributed by atoms with E-state index in [2.05, 4.69) is 5.10 Å². The summed E-state index contributed by atoms with van der Waals surface area (Å²) in [5.74, 6) is 0.566. The summed E-state index contributed by atoms with van der Waals surface area (Å²) < 4.78 is 44.5. The van der Waals surface area contributed by atoms with Gasteiger partial charge < -0.3 is 4.74 Å². The molecule has 0 bridgehead atoms. The van der Waals surface area contributed by atoms with Crippen LogP contribution in [0, 0.1) is 0 Å². The maximum absolute atomic E-state index is 12.8. The van der Waals surface area contributed by atoms with Crippen LogP contribution in [0.4, 0.5) is 13.2 Å². The SMILES string of the molecule is CCOc1ccc(-n2nc(C(F)(F)F)c(C=O)c2Cl)cc1. The molecule has 0 spiro atoms. The Kier molecular flexibility index (Phi) is 4.22. The maximum Gasteiger partial charge on any atom is 0.435 e. The van der Waals surface area contributed by atoms with Gasteiger partial charge in [-0.25, -0.2) is 4.68 Å². The Bertz CT molecular complexity index is 651. The molecule has 8 heteroatoms. The Morgan fingerprint density at radius 3 is 2.38 bits per heavy atom. The van der Waals surface area contributed by atoms with E-state index >= 15 is 0 Å². The summed E-state index contributed by atoms with van der Waals surface area (Å²) in [7, 11) is 0. The summed E-state index contributed by atoms with van der Waals surface area (Å²) in [6, 6.07) is 6.15. The van der Waals surface area contributed by atoms with Gasteiger partial charge in [-0.05, 0) is 31.2 Å². The van der Waals surface area contributed by atoms with Crippen molar-refractivity contribution in [3.63, 3.8) is 0 Å². The number of aromatic nitrogens is 2. The Hall–Kier alpha value is -2.02. The fraction of sp³-hybridized carbons (Fsp3) is 0.231. The van der Waals surface area contributed by atoms with Gasteiger partial charge in [0, 0.05) is 0 Å². The Labute approximate surface area is 123 Å². The van der Waals surface area contributed by atoms with Gasteiger partial charge >= 0.3 is 6.18 Å². The first kappa shape index (κ1) is 15.4. The molecule has 0 aliphatic carbocycles. The van der Waals surface area contributed by atoms with E-state index in [9.17, 15) is 18.0 Å². The molecule has 1 heterocycles. The van der Waals surface area contributed by atoms with Crippen LogP contribution in [0.1, 0.15) is 23.0 Å². The first-order valence-electron chi connectivity index (χ1n) is 5.92. The lowest BCUT2D eigenvalue weighted by Gasteiger charge is -2.06. The summed E-state index contributed by atoms with van der Waals surface area (Å²) in [6.45, 7) is 2.28. The van der Waals surface area contributed by atoms with Gasteiger partial charge in [-0.3, -0.25) is 4.79 Å². The fourth-order valence-electron chi connectivity index (χ4n) is 1.74. The highest BCUT2D eigenvalue weighted by Crippen LogP contribution is 2.34. The number of halogens is 4. The number of ether oxygens (including phenoxy) is 1. The number of alkyl halides is 3. The Morgan fingerprint density at radius 1 is 1.33 bits per heavy atom. The van der Waals surface area contributed by atoms with E-state index in [1.807, 2.05) is 6.92 Å². The lowest BCUT2D eigenvalue weighted by Crippen LogP contribution is -2.09. The minimum absolute atomic E-state index is 0.0449. The number of carbonyl (C=O) groups excluding carboxylic acids is 1. The smallest absolute Gasteiger partial charge is 0.435 e. The Balaban J connectivity index is 2.49. The molecule has 0 radical (unpaired) electrons. The molecular formula is C13H10ClF3N2O2. The van der Waals surface area contributed by atoms with Gasteiger partial charge in [0.1, 0.15) is 10.9 Å². The molecule has 0 unspecified atom stereocenters. The van der Waals surface area contributed by atoms with Gasteiger partial charge in [-0.2, -0.15) is 18.3 Å². The molecule has 1 aromatic heterocycles. The van der Waals surface area contributed by atoms with Crippen molar-refractivity contribution in [1.29, 1.82) is 0 Å². The van der Waals surface area contributed by atoms with Crippen LogP contribution in [-0.4, -0.2) is 22.7 Å². The summed E-state index contributed by atoms with van der Waals surface area (Å²) in [4.78, 5) is 10.8. The van der Waals surface area contributed by atoms with Gasteiger partial charge in [0.05, 0.1) is 17.9 Å². The van der Waals surface area contributed by atoms with E-state index < -0.39 is 17.4 Å². The lowest BCUT2D eigenvalue weighted by molar-refractivity contribution is -0.141. The molecule has 0 aliphatic heterocycles. The topological polar surface area (TPSA) is 44.1 Å². The number of benzene rings is 1. The van der Waals surface area contributed by atoms with Gasteiger partial charge in [-0.15, -0.1) is 0 Å². The van der Waals surface area contributed by atoms with E-state index in [1.165, 1.54) is 12.1 Å². The average molecular weight is 319 g/mol. The quantitative estimate of drug-likeness (QED) is 0.806. The Morgan fingerprint density at radius 2 is 1.95 bits per heavy atom. The predicted octanol–water partition coefficient (Wildman–Crippen LogP) is 3.76. The van der Waals surface area contributed by atoms with Crippen molar-refractivity contribution in [3.8, 4) is 11.4 Å². The number of carbonyl (C=O) groups is 1. The molecule has 2 rings (SSSR count). The summed E-state index contributed by atoms with van der Waals surface area (Å²) in [5, 5.41) is 3.00. The second-order valence-electron chi connectivity index (χ2n) is 4.01. The monoisotopic (exact) mass is 318 g/mol.